The van der Waals surface area contributed by atoms with E-state index >= 15 is 0 Å². The highest BCUT2D eigenvalue weighted by atomic mass is 16.5. The molecule has 28 heavy (non-hydrogen) atoms. The van der Waals surface area contributed by atoms with Gasteiger partial charge in [0, 0.05) is 37.6 Å². The van der Waals surface area contributed by atoms with Crippen molar-refractivity contribution in [1.82, 2.24) is 9.47 Å². The average molecular weight is 377 g/mol. The standard InChI is InChI=1S/C23H27N3O2/c1-17-21(23(24)27)16-22(20-8-7-18-5-2-3-6-19(18)15-20)26(17)10-4-9-25-11-13-28-14-12-25/h2-3,5-8,15-16H,4,9-14H2,1H3,(H2,24,27). The first-order valence-corrected chi connectivity index (χ1v) is 9.93. The lowest BCUT2D eigenvalue weighted by atomic mass is 10.0. The van der Waals surface area contributed by atoms with Crippen LogP contribution in [0.1, 0.15) is 22.5 Å². The number of morpholine rings is 1. The fourth-order valence-electron chi connectivity index (χ4n) is 4.05. The topological polar surface area (TPSA) is 60.5 Å². The summed E-state index contributed by atoms with van der Waals surface area (Å²) in [7, 11) is 0. The van der Waals surface area contributed by atoms with E-state index in [0.29, 0.717) is 5.56 Å². The van der Waals surface area contributed by atoms with Gasteiger partial charge in [-0.2, -0.15) is 0 Å². The van der Waals surface area contributed by atoms with Crippen molar-refractivity contribution in [2.24, 2.45) is 5.73 Å². The molecular weight excluding hydrogens is 350 g/mol. The number of ether oxygens (including phenoxy) is 1. The molecule has 2 N–H and O–H groups in total. The quantitative estimate of drug-likeness (QED) is 0.716. The first kappa shape index (κ1) is 18.7. The number of rotatable bonds is 6. The Bertz CT molecular complexity index is 987. The third-order valence-electron chi connectivity index (χ3n) is 5.64. The van der Waals surface area contributed by atoms with Crippen molar-refractivity contribution in [2.75, 3.05) is 32.8 Å². The Kier molecular flexibility index (Phi) is 5.46. The second-order valence-electron chi connectivity index (χ2n) is 7.41. The number of amides is 1. The Hall–Kier alpha value is -2.63. The lowest BCUT2D eigenvalue weighted by Gasteiger charge is -2.26. The number of hydrogen-bond acceptors (Lipinski definition) is 3. The third kappa shape index (κ3) is 3.81. The summed E-state index contributed by atoms with van der Waals surface area (Å²) in [6.07, 6.45) is 1.02. The number of benzene rings is 2. The predicted octanol–water partition coefficient (Wildman–Crippen LogP) is 3.44. The maximum Gasteiger partial charge on any atom is 0.250 e. The monoisotopic (exact) mass is 377 g/mol. The van der Waals surface area contributed by atoms with Gasteiger partial charge in [0.15, 0.2) is 0 Å². The van der Waals surface area contributed by atoms with Crippen LogP contribution in [-0.2, 0) is 11.3 Å². The first-order valence-electron chi connectivity index (χ1n) is 9.93. The molecule has 5 heteroatoms. The molecule has 1 aliphatic heterocycles. The molecule has 0 bridgehead atoms. The molecule has 1 aliphatic rings. The van der Waals surface area contributed by atoms with E-state index in [1.165, 1.54) is 10.8 Å². The molecule has 5 nitrogen and oxygen atoms in total. The van der Waals surface area contributed by atoms with Gasteiger partial charge in [-0.3, -0.25) is 9.69 Å². The van der Waals surface area contributed by atoms with Gasteiger partial charge in [-0.05, 0) is 41.8 Å². The molecule has 1 amide bonds. The second kappa shape index (κ2) is 8.17. The van der Waals surface area contributed by atoms with E-state index in [1.807, 2.05) is 25.1 Å². The molecular formula is C23H27N3O2. The Morgan fingerprint density at radius 1 is 1.04 bits per heavy atom. The Labute approximate surface area is 165 Å². The van der Waals surface area contributed by atoms with Crippen molar-refractivity contribution in [3.63, 3.8) is 0 Å². The summed E-state index contributed by atoms with van der Waals surface area (Å²) in [5.41, 5.74) is 9.35. The van der Waals surface area contributed by atoms with Gasteiger partial charge in [0.05, 0.1) is 18.8 Å². The zero-order valence-corrected chi connectivity index (χ0v) is 16.4. The number of fused-ring (bicyclic) bond motifs is 1. The normalized spacial score (nSPS) is 15.2. The molecule has 0 spiro atoms. The van der Waals surface area contributed by atoms with E-state index in [2.05, 4.69) is 39.8 Å². The smallest absolute Gasteiger partial charge is 0.250 e. The molecule has 2 aromatic carbocycles. The van der Waals surface area contributed by atoms with E-state index in [-0.39, 0.29) is 5.91 Å². The third-order valence-corrected chi connectivity index (χ3v) is 5.64. The number of hydrogen-bond donors (Lipinski definition) is 1. The van der Waals surface area contributed by atoms with E-state index < -0.39 is 0 Å². The van der Waals surface area contributed by atoms with Gasteiger partial charge in [-0.1, -0.05) is 36.4 Å². The molecule has 0 aliphatic carbocycles. The summed E-state index contributed by atoms with van der Waals surface area (Å²) in [6, 6.07) is 16.7. The minimum absolute atomic E-state index is 0.369. The molecule has 4 rings (SSSR count). The minimum Gasteiger partial charge on any atom is -0.379 e. The van der Waals surface area contributed by atoms with Gasteiger partial charge in [0.25, 0.3) is 5.91 Å². The van der Waals surface area contributed by atoms with Crippen LogP contribution in [-0.4, -0.2) is 48.2 Å². The average Bonchev–Trinajstić information content (AvgIpc) is 3.05. The van der Waals surface area contributed by atoms with E-state index in [4.69, 9.17) is 10.5 Å². The van der Waals surface area contributed by atoms with Gasteiger partial charge >= 0.3 is 0 Å². The van der Waals surface area contributed by atoms with Gasteiger partial charge < -0.3 is 15.0 Å². The zero-order valence-electron chi connectivity index (χ0n) is 16.4. The van der Waals surface area contributed by atoms with Crippen LogP contribution in [0.3, 0.4) is 0 Å². The van der Waals surface area contributed by atoms with Crippen LogP contribution in [0.2, 0.25) is 0 Å². The fourth-order valence-corrected chi connectivity index (χ4v) is 4.05. The van der Waals surface area contributed by atoms with Crippen molar-refractivity contribution < 1.29 is 9.53 Å². The molecule has 1 saturated heterocycles. The number of carbonyl (C=O) groups excluding carboxylic acids is 1. The highest BCUT2D eigenvalue weighted by Crippen LogP contribution is 2.29. The van der Waals surface area contributed by atoms with Gasteiger partial charge in [0.2, 0.25) is 0 Å². The number of nitrogens with two attached hydrogens (primary N) is 1. The molecule has 2 heterocycles. The van der Waals surface area contributed by atoms with Crippen LogP contribution in [0.15, 0.2) is 48.5 Å². The van der Waals surface area contributed by atoms with Crippen LogP contribution in [0.25, 0.3) is 22.0 Å². The number of carbonyl (C=O) groups is 1. The largest absolute Gasteiger partial charge is 0.379 e. The molecule has 1 fully saturated rings. The lowest BCUT2D eigenvalue weighted by Crippen LogP contribution is -2.37. The SMILES string of the molecule is Cc1c(C(N)=O)cc(-c2ccc3ccccc3c2)n1CCCN1CCOCC1. The van der Waals surface area contributed by atoms with Crippen molar-refractivity contribution in [2.45, 2.75) is 19.9 Å². The van der Waals surface area contributed by atoms with Gasteiger partial charge in [-0.25, -0.2) is 0 Å². The minimum atomic E-state index is -0.369. The van der Waals surface area contributed by atoms with Crippen LogP contribution >= 0.6 is 0 Å². The number of nitrogens with zero attached hydrogens (tertiary/aromatic N) is 2. The van der Waals surface area contributed by atoms with Crippen molar-refractivity contribution in [3.05, 3.63) is 59.8 Å². The van der Waals surface area contributed by atoms with Crippen LogP contribution in [0.4, 0.5) is 0 Å². The van der Waals surface area contributed by atoms with Crippen LogP contribution in [0, 0.1) is 6.92 Å². The molecule has 0 unspecified atom stereocenters. The predicted molar refractivity (Wildman–Crippen MR) is 113 cm³/mol. The highest BCUT2D eigenvalue weighted by molar-refractivity contribution is 5.96. The summed E-state index contributed by atoms with van der Waals surface area (Å²) in [5.74, 6) is -0.369. The molecule has 3 aromatic rings. The van der Waals surface area contributed by atoms with E-state index in [0.717, 1.165) is 62.8 Å². The molecule has 0 saturated carbocycles. The molecule has 0 atom stereocenters. The van der Waals surface area contributed by atoms with Crippen LogP contribution < -0.4 is 5.73 Å². The summed E-state index contributed by atoms with van der Waals surface area (Å²) in [6.45, 7) is 7.50. The Balaban J connectivity index is 1.63. The molecule has 1 aromatic heterocycles. The lowest BCUT2D eigenvalue weighted by molar-refractivity contribution is 0.0369. The summed E-state index contributed by atoms with van der Waals surface area (Å²) in [5, 5.41) is 2.41. The number of aromatic nitrogens is 1. The summed E-state index contributed by atoms with van der Waals surface area (Å²) < 4.78 is 7.67. The van der Waals surface area contributed by atoms with Crippen molar-refractivity contribution in [3.8, 4) is 11.3 Å². The fraction of sp³-hybridized carbons (Fsp3) is 0.348. The number of primary amides is 1. The van der Waals surface area contributed by atoms with Gasteiger partial charge in [0.1, 0.15) is 0 Å². The van der Waals surface area contributed by atoms with Gasteiger partial charge in [-0.15, -0.1) is 0 Å². The summed E-state index contributed by atoms with van der Waals surface area (Å²) >= 11 is 0. The molecule has 146 valence electrons. The first-order chi connectivity index (χ1) is 13.6. The van der Waals surface area contributed by atoms with E-state index in [9.17, 15) is 4.79 Å². The van der Waals surface area contributed by atoms with E-state index in [1.54, 1.807) is 0 Å². The maximum atomic E-state index is 11.9. The maximum absolute atomic E-state index is 11.9. The Morgan fingerprint density at radius 2 is 1.79 bits per heavy atom. The van der Waals surface area contributed by atoms with Crippen molar-refractivity contribution in [1.29, 1.82) is 0 Å². The summed E-state index contributed by atoms with van der Waals surface area (Å²) in [4.78, 5) is 14.4. The van der Waals surface area contributed by atoms with Crippen LogP contribution in [0.5, 0.6) is 0 Å². The second-order valence-corrected chi connectivity index (χ2v) is 7.41. The molecule has 0 radical (unpaired) electrons. The highest BCUT2D eigenvalue weighted by Gasteiger charge is 2.17. The zero-order chi connectivity index (χ0) is 19.5. The van der Waals surface area contributed by atoms with Crippen molar-refractivity contribution >= 4 is 16.7 Å². The Morgan fingerprint density at radius 3 is 2.54 bits per heavy atom.